The summed E-state index contributed by atoms with van der Waals surface area (Å²) >= 11 is 1.55. The molecule has 3 rings (SSSR count). The van der Waals surface area contributed by atoms with E-state index in [-0.39, 0.29) is 5.91 Å². The highest BCUT2D eigenvalue weighted by molar-refractivity contribution is 8.00. The maximum Gasteiger partial charge on any atom is 0.233 e. The van der Waals surface area contributed by atoms with E-state index in [9.17, 15) is 4.79 Å². The van der Waals surface area contributed by atoms with E-state index in [1.165, 1.54) is 0 Å². The maximum atomic E-state index is 12.5. The molecular weight excluding hydrogens is 348 g/mol. The van der Waals surface area contributed by atoms with Crippen LogP contribution in [0.15, 0.2) is 41.6 Å². The summed E-state index contributed by atoms with van der Waals surface area (Å²) in [7, 11) is 1.65. The van der Waals surface area contributed by atoms with E-state index in [1.54, 1.807) is 25.2 Å². The van der Waals surface area contributed by atoms with E-state index >= 15 is 0 Å². The van der Waals surface area contributed by atoms with Gasteiger partial charge < -0.3 is 14.5 Å². The summed E-state index contributed by atoms with van der Waals surface area (Å²) in [6, 6.07) is 9.84. The molecule has 0 saturated carbocycles. The first-order valence-corrected chi connectivity index (χ1v) is 9.78. The van der Waals surface area contributed by atoms with Crippen LogP contribution in [0, 0.1) is 0 Å². The number of benzene rings is 1. The number of nitrogens with zero attached hydrogens (tertiary/aromatic N) is 4. The molecule has 26 heavy (non-hydrogen) atoms. The number of piperazine rings is 1. The zero-order chi connectivity index (χ0) is 18.4. The normalized spacial score (nSPS) is 14.4. The van der Waals surface area contributed by atoms with Gasteiger partial charge >= 0.3 is 0 Å². The highest BCUT2D eigenvalue weighted by Crippen LogP contribution is 2.23. The van der Waals surface area contributed by atoms with Crippen LogP contribution in [0.5, 0.6) is 5.75 Å². The molecule has 0 radical (unpaired) electrons. The fourth-order valence-corrected chi connectivity index (χ4v) is 3.71. The van der Waals surface area contributed by atoms with E-state index in [4.69, 9.17) is 4.74 Å². The number of anilines is 1. The van der Waals surface area contributed by atoms with Gasteiger partial charge in [-0.1, -0.05) is 13.0 Å². The highest BCUT2D eigenvalue weighted by atomic mass is 32.2. The first-order valence-electron chi connectivity index (χ1n) is 8.80. The fourth-order valence-electron chi connectivity index (χ4n) is 2.86. The van der Waals surface area contributed by atoms with Crippen molar-refractivity contribution < 1.29 is 9.53 Å². The second-order valence-electron chi connectivity index (χ2n) is 6.06. The molecule has 1 aromatic heterocycles. The number of aromatic nitrogens is 2. The summed E-state index contributed by atoms with van der Waals surface area (Å²) in [5.74, 6) is 2.39. The first kappa shape index (κ1) is 18.5. The predicted octanol–water partition coefficient (Wildman–Crippen LogP) is 2.49. The molecule has 0 N–H and O–H groups in total. The van der Waals surface area contributed by atoms with Crippen molar-refractivity contribution in [2.24, 2.45) is 0 Å². The van der Waals surface area contributed by atoms with E-state index in [0.717, 1.165) is 54.8 Å². The summed E-state index contributed by atoms with van der Waals surface area (Å²) in [6.07, 6.45) is 2.52. The van der Waals surface area contributed by atoms with Crippen molar-refractivity contribution in [3.05, 3.63) is 42.4 Å². The monoisotopic (exact) mass is 372 g/mol. The van der Waals surface area contributed by atoms with E-state index < -0.39 is 0 Å². The lowest BCUT2D eigenvalue weighted by Gasteiger charge is -2.35. The van der Waals surface area contributed by atoms with Gasteiger partial charge in [0, 0.05) is 42.8 Å². The number of rotatable bonds is 6. The summed E-state index contributed by atoms with van der Waals surface area (Å²) in [5, 5.41) is 0. The van der Waals surface area contributed by atoms with Crippen LogP contribution in [0.3, 0.4) is 0 Å². The second kappa shape index (κ2) is 8.89. The van der Waals surface area contributed by atoms with Gasteiger partial charge in [-0.15, -0.1) is 11.8 Å². The molecule has 1 fully saturated rings. The molecule has 0 aliphatic carbocycles. The van der Waals surface area contributed by atoms with Gasteiger partial charge in [0.2, 0.25) is 5.91 Å². The van der Waals surface area contributed by atoms with Gasteiger partial charge in [-0.3, -0.25) is 4.79 Å². The van der Waals surface area contributed by atoms with Gasteiger partial charge in [0.05, 0.1) is 12.9 Å². The van der Waals surface area contributed by atoms with Crippen LogP contribution in [-0.4, -0.2) is 59.8 Å². The number of carbonyl (C=O) groups excluding carboxylic acids is 1. The third-order valence-corrected chi connectivity index (χ3v) is 5.41. The molecule has 138 valence electrons. The smallest absolute Gasteiger partial charge is 0.233 e. The summed E-state index contributed by atoms with van der Waals surface area (Å²) in [5.41, 5.74) is 1.04. The topological polar surface area (TPSA) is 58.6 Å². The second-order valence-corrected chi connectivity index (χ2v) is 7.11. The largest absolute Gasteiger partial charge is 0.497 e. The molecule has 0 bridgehead atoms. The van der Waals surface area contributed by atoms with Crippen molar-refractivity contribution in [2.75, 3.05) is 43.9 Å². The van der Waals surface area contributed by atoms with Crippen molar-refractivity contribution in [1.82, 2.24) is 14.9 Å². The average molecular weight is 372 g/mol. The number of ether oxygens (including phenoxy) is 1. The Balaban J connectivity index is 1.50. The van der Waals surface area contributed by atoms with Crippen LogP contribution in [0.1, 0.15) is 12.6 Å². The number of hydrogen-bond acceptors (Lipinski definition) is 6. The zero-order valence-electron chi connectivity index (χ0n) is 15.2. The summed E-state index contributed by atoms with van der Waals surface area (Å²) < 4.78 is 5.22. The number of hydrogen-bond donors (Lipinski definition) is 0. The van der Waals surface area contributed by atoms with Crippen LogP contribution in [0.4, 0.5) is 5.82 Å². The first-order chi connectivity index (χ1) is 12.7. The minimum absolute atomic E-state index is 0.175. The summed E-state index contributed by atoms with van der Waals surface area (Å²) in [4.78, 5) is 26.3. The predicted molar refractivity (Wildman–Crippen MR) is 104 cm³/mol. The molecule has 1 amide bonds. The molecule has 1 aliphatic rings. The molecule has 0 unspecified atom stereocenters. The van der Waals surface area contributed by atoms with E-state index in [0.29, 0.717) is 5.75 Å². The Kier molecular flexibility index (Phi) is 6.33. The van der Waals surface area contributed by atoms with Gasteiger partial charge in [-0.2, -0.15) is 0 Å². The Bertz CT molecular complexity index is 748. The Morgan fingerprint density at radius 3 is 2.73 bits per heavy atom. The molecule has 1 aromatic carbocycles. The SMILES string of the molecule is CCc1cc(N2CCN(C(=O)CSc3cccc(OC)c3)CC2)ncn1. The number of amides is 1. The standard InChI is InChI=1S/C19H24N4O2S/c1-3-15-11-18(21-14-20-15)22-7-9-23(10-8-22)19(24)13-26-17-6-4-5-16(12-17)25-2/h4-6,11-12,14H,3,7-10,13H2,1-2H3. The third-order valence-electron chi connectivity index (χ3n) is 4.43. The molecule has 6 nitrogen and oxygen atoms in total. The van der Waals surface area contributed by atoms with Gasteiger partial charge in [-0.05, 0) is 24.6 Å². The van der Waals surface area contributed by atoms with Crippen LogP contribution in [0.25, 0.3) is 0 Å². The number of methoxy groups -OCH3 is 1. The van der Waals surface area contributed by atoms with Crippen molar-refractivity contribution in [3.63, 3.8) is 0 Å². The molecule has 0 atom stereocenters. The zero-order valence-corrected chi connectivity index (χ0v) is 16.0. The van der Waals surface area contributed by atoms with E-state index in [1.807, 2.05) is 35.2 Å². The van der Waals surface area contributed by atoms with Gasteiger partial charge in [0.25, 0.3) is 0 Å². The molecule has 2 heterocycles. The van der Waals surface area contributed by atoms with Crippen LogP contribution in [-0.2, 0) is 11.2 Å². The highest BCUT2D eigenvalue weighted by Gasteiger charge is 2.22. The number of carbonyl (C=O) groups is 1. The Morgan fingerprint density at radius 1 is 1.19 bits per heavy atom. The number of thioether (sulfide) groups is 1. The average Bonchev–Trinajstić information content (AvgIpc) is 2.72. The van der Waals surface area contributed by atoms with Crippen LogP contribution < -0.4 is 9.64 Å². The van der Waals surface area contributed by atoms with Gasteiger partial charge in [0.15, 0.2) is 0 Å². The Morgan fingerprint density at radius 2 is 2.00 bits per heavy atom. The Hall–Kier alpha value is -2.28. The lowest BCUT2D eigenvalue weighted by Crippen LogP contribution is -2.49. The van der Waals surface area contributed by atoms with Crippen molar-refractivity contribution in [2.45, 2.75) is 18.2 Å². The van der Waals surface area contributed by atoms with Gasteiger partial charge in [-0.25, -0.2) is 9.97 Å². The third kappa shape index (κ3) is 4.66. The molecule has 0 spiro atoms. The maximum absolute atomic E-state index is 12.5. The lowest BCUT2D eigenvalue weighted by atomic mass is 10.2. The molecule has 2 aromatic rings. The molecule has 1 aliphatic heterocycles. The fraction of sp³-hybridized carbons (Fsp3) is 0.421. The van der Waals surface area contributed by atoms with Crippen molar-refractivity contribution >= 4 is 23.5 Å². The molecule has 1 saturated heterocycles. The minimum Gasteiger partial charge on any atom is -0.497 e. The molecular formula is C19H24N4O2S. The van der Waals surface area contributed by atoms with Crippen molar-refractivity contribution in [1.29, 1.82) is 0 Å². The van der Waals surface area contributed by atoms with Crippen molar-refractivity contribution in [3.8, 4) is 5.75 Å². The molecule has 7 heteroatoms. The quantitative estimate of drug-likeness (QED) is 0.726. The van der Waals surface area contributed by atoms with Gasteiger partial charge in [0.1, 0.15) is 17.9 Å². The van der Waals surface area contributed by atoms with Crippen LogP contribution in [0.2, 0.25) is 0 Å². The van der Waals surface area contributed by atoms with Crippen LogP contribution >= 0.6 is 11.8 Å². The number of aryl methyl sites for hydroxylation is 1. The van der Waals surface area contributed by atoms with E-state index in [2.05, 4.69) is 21.8 Å². The Labute approximate surface area is 158 Å². The summed E-state index contributed by atoms with van der Waals surface area (Å²) in [6.45, 7) is 5.14. The minimum atomic E-state index is 0.175. The lowest BCUT2D eigenvalue weighted by molar-refractivity contribution is -0.128.